The summed E-state index contributed by atoms with van der Waals surface area (Å²) < 4.78 is 2.21. The minimum atomic E-state index is 0.519. The normalized spacial score (nSPS) is 18.5. The molecule has 1 saturated heterocycles. The van der Waals surface area contributed by atoms with Gasteiger partial charge in [-0.05, 0) is 18.1 Å². The van der Waals surface area contributed by atoms with E-state index in [4.69, 9.17) is 10.7 Å². The van der Waals surface area contributed by atoms with Gasteiger partial charge in [-0.2, -0.15) is 11.8 Å². The number of thioether (sulfide) groups is 1. The van der Waals surface area contributed by atoms with Crippen LogP contribution in [-0.4, -0.2) is 21.1 Å². The van der Waals surface area contributed by atoms with Crippen molar-refractivity contribution in [3.63, 3.8) is 0 Å². The van der Waals surface area contributed by atoms with Gasteiger partial charge in [-0.25, -0.2) is 4.98 Å². The van der Waals surface area contributed by atoms with Crippen molar-refractivity contribution < 1.29 is 0 Å². The molecule has 0 aliphatic carbocycles. The fourth-order valence-corrected chi connectivity index (χ4v) is 4.12. The van der Waals surface area contributed by atoms with Gasteiger partial charge in [0.05, 0.1) is 5.69 Å². The van der Waals surface area contributed by atoms with Gasteiger partial charge in [0.2, 0.25) is 0 Å². The third kappa shape index (κ3) is 2.95. The third-order valence-electron chi connectivity index (χ3n) is 3.93. The Morgan fingerprint density at radius 1 is 1.33 bits per heavy atom. The second kappa shape index (κ2) is 6.14. The average molecular weight is 301 g/mol. The summed E-state index contributed by atoms with van der Waals surface area (Å²) in [6.45, 7) is 5.36. The van der Waals surface area contributed by atoms with Crippen molar-refractivity contribution in [1.29, 1.82) is 0 Å². The molecule has 1 aromatic heterocycles. The van der Waals surface area contributed by atoms with Gasteiger partial charge < -0.3 is 10.3 Å². The second-order valence-corrected chi connectivity index (χ2v) is 7.29. The van der Waals surface area contributed by atoms with Crippen molar-refractivity contribution in [3.8, 4) is 11.4 Å². The largest absolute Gasteiger partial charge is 0.384 e. The number of nitrogen functional groups attached to an aromatic ring is 1. The minimum Gasteiger partial charge on any atom is -0.384 e. The van der Waals surface area contributed by atoms with Crippen LogP contribution >= 0.6 is 11.8 Å². The molecule has 1 aromatic carbocycles. The van der Waals surface area contributed by atoms with Crippen LogP contribution in [0, 0.1) is 5.92 Å². The maximum Gasteiger partial charge on any atom is 0.141 e. The van der Waals surface area contributed by atoms with Crippen LogP contribution in [0.5, 0.6) is 0 Å². The van der Waals surface area contributed by atoms with Crippen LogP contribution in [0.25, 0.3) is 11.4 Å². The highest BCUT2D eigenvalue weighted by atomic mass is 32.2. The molecule has 21 heavy (non-hydrogen) atoms. The van der Waals surface area contributed by atoms with Crippen molar-refractivity contribution in [1.82, 2.24) is 9.55 Å². The van der Waals surface area contributed by atoms with E-state index in [1.54, 1.807) is 0 Å². The van der Waals surface area contributed by atoms with Crippen LogP contribution in [0.15, 0.2) is 30.3 Å². The Hall–Kier alpha value is -1.42. The van der Waals surface area contributed by atoms with Gasteiger partial charge in [0.25, 0.3) is 0 Å². The number of benzene rings is 1. The summed E-state index contributed by atoms with van der Waals surface area (Å²) in [5, 5.41) is 0. The quantitative estimate of drug-likeness (QED) is 0.928. The highest BCUT2D eigenvalue weighted by Gasteiger charge is 2.26. The highest BCUT2D eigenvalue weighted by Crippen LogP contribution is 2.37. The van der Waals surface area contributed by atoms with Gasteiger partial charge in [0.1, 0.15) is 11.6 Å². The lowest BCUT2D eigenvalue weighted by molar-refractivity contribution is 0.530. The number of imidazole rings is 1. The molecule has 0 bridgehead atoms. The molecular formula is C17H23N3S. The number of nitrogens with zero attached hydrogens (tertiary/aromatic N) is 2. The Morgan fingerprint density at radius 2 is 2.10 bits per heavy atom. The number of anilines is 1. The summed E-state index contributed by atoms with van der Waals surface area (Å²) in [4.78, 5) is 4.94. The zero-order valence-corrected chi connectivity index (χ0v) is 13.6. The molecule has 4 heteroatoms. The number of hydrogen-bond donors (Lipinski definition) is 1. The molecule has 1 atom stereocenters. The van der Waals surface area contributed by atoms with Crippen molar-refractivity contribution in [3.05, 3.63) is 36.0 Å². The average Bonchev–Trinajstić information content (AvgIpc) is 3.09. The number of rotatable bonds is 4. The Labute approximate surface area is 131 Å². The summed E-state index contributed by atoms with van der Waals surface area (Å²) in [6.07, 6.45) is 1.20. The van der Waals surface area contributed by atoms with Crippen molar-refractivity contribution >= 4 is 17.6 Å². The highest BCUT2D eigenvalue weighted by molar-refractivity contribution is 7.99. The molecular weight excluding hydrogens is 278 g/mol. The lowest BCUT2D eigenvalue weighted by Gasteiger charge is -2.13. The molecule has 0 amide bonds. The van der Waals surface area contributed by atoms with E-state index in [2.05, 4.69) is 42.7 Å². The Morgan fingerprint density at radius 3 is 2.71 bits per heavy atom. The molecule has 112 valence electrons. The van der Waals surface area contributed by atoms with Gasteiger partial charge in [-0.1, -0.05) is 44.2 Å². The molecule has 2 N–H and O–H groups in total. The zero-order chi connectivity index (χ0) is 14.8. The summed E-state index contributed by atoms with van der Waals surface area (Å²) in [5.74, 6) is 5.34. The van der Waals surface area contributed by atoms with Gasteiger partial charge in [-0.3, -0.25) is 0 Å². The number of hydrogen-bond acceptors (Lipinski definition) is 3. The summed E-state index contributed by atoms with van der Waals surface area (Å²) >= 11 is 2.01. The van der Waals surface area contributed by atoms with E-state index in [0.717, 1.165) is 35.2 Å². The predicted molar refractivity (Wildman–Crippen MR) is 91.6 cm³/mol. The van der Waals surface area contributed by atoms with Gasteiger partial charge in [0.15, 0.2) is 0 Å². The molecule has 3 nitrogen and oxygen atoms in total. The minimum absolute atomic E-state index is 0.519. The molecule has 0 radical (unpaired) electrons. The van der Waals surface area contributed by atoms with Gasteiger partial charge >= 0.3 is 0 Å². The van der Waals surface area contributed by atoms with Crippen LogP contribution in [-0.2, 0) is 6.54 Å². The van der Waals surface area contributed by atoms with Gasteiger partial charge in [-0.15, -0.1) is 0 Å². The fraction of sp³-hybridized carbons (Fsp3) is 0.471. The maximum absolute atomic E-state index is 6.46. The van der Waals surface area contributed by atoms with Crippen LogP contribution in [0.1, 0.15) is 31.9 Å². The first-order chi connectivity index (χ1) is 10.2. The van der Waals surface area contributed by atoms with E-state index in [9.17, 15) is 0 Å². The molecule has 0 spiro atoms. The third-order valence-corrected chi connectivity index (χ3v) is 5.09. The predicted octanol–water partition coefficient (Wildman–Crippen LogP) is 4.01. The zero-order valence-electron chi connectivity index (χ0n) is 12.7. The van der Waals surface area contributed by atoms with Crippen molar-refractivity contribution in [2.24, 2.45) is 5.92 Å². The molecule has 1 aliphatic rings. The number of nitrogens with two attached hydrogens (primary N) is 1. The van der Waals surface area contributed by atoms with Crippen molar-refractivity contribution in [2.45, 2.75) is 32.7 Å². The first-order valence-corrected chi connectivity index (χ1v) is 8.81. The summed E-state index contributed by atoms with van der Waals surface area (Å²) in [5.41, 5.74) is 8.73. The topological polar surface area (TPSA) is 43.8 Å². The van der Waals surface area contributed by atoms with E-state index in [0.29, 0.717) is 11.8 Å². The van der Waals surface area contributed by atoms with E-state index in [-0.39, 0.29) is 0 Å². The Kier molecular flexibility index (Phi) is 4.24. The molecule has 1 unspecified atom stereocenters. The van der Waals surface area contributed by atoms with Gasteiger partial charge in [0, 0.05) is 23.8 Å². The molecule has 1 fully saturated rings. The fourth-order valence-electron chi connectivity index (χ4n) is 2.89. The Bertz CT molecular complexity index is 598. The van der Waals surface area contributed by atoms with E-state index in [1.165, 1.54) is 12.2 Å². The van der Waals surface area contributed by atoms with Crippen LogP contribution in [0.4, 0.5) is 5.82 Å². The van der Waals surface area contributed by atoms with E-state index >= 15 is 0 Å². The second-order valence-electron chi connectivity index (χ2n) is 6.14. The van der Waals surface area contributed by atoms with E-state index < -0.39 is 0 Å². The molecule has 2 aromatic rings. The SMILES string of the molecule is CC(C)Cn1c(-c2ccccc2)nc(C2CCSC2)c1N. The lowest BCUT2D eigenvalue weighted by atomic mass is 10.1. The van der Waals surface area contributed by atoms with Crippen molar-refractivity contribution in [2.75, 3.05) is 17.2 Å². The molecule has 1 aliphatic heterocycles. The monoisotopic (exact) mass is 301 g/mol. The standard InChI is InChI=1S/C17H23N3S/c1-12(2)10-20-16(18)15(14-8-9-21-11-14)19-17(20)13-6-4-3-5-7-13/h3-7,12,14H,8-11,18H2,1-2H3. The first-order valence-electron chi connectivity index (χ1n) is 7.66. The first kappa shape index (κ1) is 14.5. The lowest BCUT2D eigenvalue weighted by Crippen LogP contribution is -2.10. The molecule has 0 saturated carbocycles. The van der Waals surface area contributed by atoms with E-state index in [1.807, 2.05) is 17.8 Å². The Balaban J connectivity index is 2.06. The maximum atomic E-state index is 6.46. The number of aromatic nitrogens is 2. The summed E-state index contributed by atoms with van der Waals surface area (Å²) in [6, 6.07) is 10.4. The van der Waals surface area contributed by atoms with Crippen LogP contribution in [0.3, 0.4) is 0 Å². The molecule has 3 rings (SSSR count). The van der Waals surface area contributed by atoms with Crippen LogP contribution in [0.2, 0.25) is 0 Å². The smallest absolute Gasteiger partial charge is 0.141 e. The van der Waals surface area contributed by atoms with Crippen LogP contribution < -0.4 is 5.73 Å². The molecule has 2 heterocycles. The summed E-state index contributed by atoms with van der Waals surface area (Å²) in [7, 11) is 0.